The average Bonchev–Trinajstić information content (AvgIpc) is 2.80. The van der Waals surface area contributed by atoms with E-state index in [-0.39, 0.29) is 6.61 Å². The zero-order chi connectivity index (χ0) is 17.1. The predicted molar refractivity (Wildman–Crippen MR) is 93.4 cm³/mol. The Morgan fingerprint density at radius 2 is 1.87 bits per heavy atom. The highest BCUT2D eigenvalue weighted by molar-refractivity contribution is 9.11. The Balaban J connectivity index is 1.98. The lowest BCUT2D eigenvalue weighted by molar-refractivity contribution is -0.119. The number of amides is 1. The van der Waals surface area contributed by atoms with Gasteiger partial charge in [0, 0.05) is 21.7 Å². The lowest BCUT2D eigenvalue weighted by Crippen LogP contribution is -2.21. The molecule has 0 fully saturated rings. The van der Waals surface area contributed by atoms with Crippen molar-refractivity contribution in [3.8, 4) is 0 Å². The first kappa shape index (κ1) is 17.7. The molecule has 2 rings (SSSR count). The van der Waals surface area contributed by atoms with Crippen LogP contribution in [0.5, 0.6) is 0 Å². The molecule has 122 valence electrons. The minimum Gasteiger partial charge on any atom is -0.452 e. The molecule has 1 N–H and O–H groups in total. The third-order valence-corrected chi connectivity index (χ3v) is 4.49. The van der Waals surface area contributed by atoms with Crippen molar-refractivity contribution < 1.29 is 14.3 Å². The summed E-state index contributed by atoms with van der Waals surface area (Å²) in [5, 5.41) is 6.67. The highest BCUT2D eigenvalue weighted by Gasteiger charge is 2.17. The van der Waals surface area contributed by atoms with Crippen molar-refractivity contribution in [2.45, 2.75) is 13.8 Å². The number of ether oxygens (including phenoxy) is 1. The third kappa shape index (κ3) is 4.20. The first-order valence-corrected chi connectivity index (χ1v) is 8.29. The number of carbonyl (C=O) groups is 2. The van der Waals surface area contributed by atoms with E-state index in [4.69, 9.17) is 4.74 Å². The smallest absolute Gasteiger partial charge is 0.342 e. The number of rotatable bonds is 4. The van der Waals surface area contributed by atoms with Gasteiger partial charge in [0.1, 0.15) is 5.56 Å². The van der Waals surface area contributed by atoms with E-state index >= 15 is 0 Å². The van der Waals surface area contributed by atoms with Gasteiger partial charge in [-0.3, -0.25) is 9.48 Å². The number of hydrogen-bond donors (Lipinski definition) is 1. The largest absolute Gasteiger partial charge is 0.452 e. The van der Waals surface area contributed by atoms with E-state index in [1.165, 1.54) is 6.20 Å². The van der Waals surface area contributed by atoms with Gasteiger partial charge < -0.3 is 10.1 Å². The molecule has 0 aliphatic carbocycles. The normalized spacial score (nSPS) is 10.5. The standard InChI is InChI=1S/C15H15Br2N3O3/c1-8-4-11(16)14(12(17)5-8)19-13(21)7-23-15(22)10-6-18-20(3)9(10)2/h4-6H,7H2,1-3H3,(H,19,21). The Bertz CT molecular complexity index is 748. The summed E-state index contributed by atoms with van der Waals surface area (Å²) >= 11 is 6.78. The van der Waals surface area contributed by atoms with Crippen LogP contribution in [-0.4, -0.2) is 28.3 Å². The van der Waals surface area contributed by atoms with E-state index in [1.54, 1.807) is 18.7 Å². The summed E-state index contributed by atoms with van der Waals surface area (Å²) in [6.45, 7) is 3.32. The Labute approximate surface area is 150 Å². The van der Waals surface area contributed by atoms with E-state index in [2.05, 4.69) is 42.3 Å². The topological polar surface area (TPSA) is 73.2 Å². The Morgan fingerprint density at radius 3 is 2.39 bits per heavy atom. The number of esters is 1. The maximum absolute atomic E-state index is 12.0. The van der Waals surface area contributed by atoms with Gasteiger partial charge in [0.2, 0.25) is 0 Å². The number of carbonyl (C=O) groups excluding carboxylic acids is 2. The molecule has 1 heterocycles. The maximum Gasteiger partial charge on any atom is 0.342 e. The summed E-state index contributed by atoms with van der Waals surface area (Å²) < 4.78 is 8.08. The summed E-state index contributed by atoms with van der Waals surface area (Å²) in [5.74, 6) is -1.00. The second-order valence-corrected chi connectivity index (χ2v) is 6.70. The zero-order valence-corrected chi connectivity index (χ0v) is 16.0. The number of hydrogen-bond acceptors (Lipinski definition) is 4. The summed E-state index contributed by atoms with van der Waals surface area (Å²) in [6, 6.07) is 3.76. The first-order chi connectivity index (χ1) is 10.8. The minimum absolute atomic E-state index is 0.345. The van der Waals surface area contributed by atoms with Gasteiger partial charge in [-0.05, 0) is 63.4 Å². The highest BCUT2D eigenvalue weighted by Crippen LogP contribution is 2.32. The Kier molecular flexibility index (Phi) is 5.59. The van der Waals surface area contributed by atoms with Gasteiger partial charge in [0.15, 0.2) is 6.61 Å². The number of anilines is 1. The second kappa shape index (κ2) is 7.27. The van der Waals surface area contributed by atoms with E-state index < -0.39 is 11.9 Å². The molecule has 0 saturated heterocycles. The fourth-order valence-electron chi connectivity index (χ4n) is 1.90. The first-order valence-electron chi connectivity index (χ1n) is 6.70. The quantitative estimate of drug-likeness (QED) is 0.733. The van der Waals surface area contributed by atoms with Gasteiger partial charge in [-0.15, -0.1) is 0 Å². The molecule has 8 heteroatoms. The van der Waals surface area contributed by atoms with Crippen molar-refractivity contribution >= 4 is 49.4 Å². The Morgan fingerprint density at radius 1 is 1.26 bits per heavy atom. The predicted octanol–water partition coefficient (Wildman–Crippen LogP) is 3.36. The highest BCUT2D eigenvalue weighted by atomic mass is 79.9. The fourth-order valence-corrected chi connectivity index (χ4v) is 3.52. The van der Waals surface area contributed by atoms with Crippen molar-refractivity contribution in [2.75, 3.05) is 11.9 Å². The lowest BCUT2D eigenvalue weighted by atomic mass is 10.2. The molecular weight excluding hydrogens is 430 g/mol. The number of halogens is 2. The fraction of sp³-hybridized carbons (Fsp3) is 0.267. The van der Waals surface area contributed by atoms with E-state index in [9.17, 15) is 9.59 Å². The maximum atomic E-state index is 12.0. The molecule has 0 unspecified atom stereocenters. The van der Waals surface area contributed by atoms with Crippen molar-refractivity contribution in [1.82, 2.24) is 9.78 Å². The number of aryl methyl sites for hydroxylation is 2. The second-order valence-electron chi connectivity index (χ2n) is 5.00. The van der Waals surface area contributed by atoms with Crippen LogP contribution < -0.4 is 5.32 Å². The summed E-state index contributed by atoms with van der Waals surface area (Å²) in [7, 11) is 1.73. The molecule has 0 aliphatic heterocycles. The van der Waals surface area contributed by atoms with Crippen LogP contribution in [0.4, 0.5) is 5.69 Å². The Hall–Kier alpha value is -1.67. The molecule has 2 aromatic rings. The average molecular weight is 445 g/mol. The van der Waals surface area contributed by atoms with E-state index in [1.807, 2.05) is 19.1 Å². The summed E-state index contributed by atoms with van der Waals surface area (Å²) in [4.78, 5) is 23.9. The van der Waals surface area contributed by atoms with Crippen LogP contribution in [0.1, 0.15) is 21.6 Å². The van der Waals surface area contributed by atoms with E-state index in [0.29, 0.717) is 16.9 Å². The van der Waals surface area contributed by atoms with Crippen LogP contribution in [0.15, 0.2) is 27.3 Å². The van der Waals surface area contributed by atoms with Crippen LogP contribution in [0, 0.1) is 13.8 Å². The van der Waals surface area contributed by atoms with Crippen molar-refractivity contribution in [3.63, 3.8) is 0 Å². The van der Waals surface area contributed by atoms with Gasteiger partial charge in [0.05, 0.1) is 11.9 Å². The zero-order valence-electron chi connectivity index (χ0n) is 12.8. The third-order valence-electron chi connectivity index (χ3n) is 3.24. The molecular formula is C15H15Br2N3O3. The number of nitrogens with one attached hydrogen (secondary N) is 1. The molecule has 6 nitrogen and oxygen atoms in total. The number of nitrogens with zero attached hydrogens (tertiary/aromatic N) is 2. The number of benzene rings is 1. The molecule has 0 radical (unpaired) electrons. The van der Waals surface area contributed by atoms with E-state index in [0.717, 1.165) is 14.5 Å². The number of aromatic nitrogens is 2. The van der Waals surface area contributed by atoms with Gasteiger partial charge >= 0.3 is 5.97 Å². The molecule has 1 amide bonds. The van der Waals surface area contributed by atoms with Crippen molar-refractivity contribution in [3.05, 3.63) is 44.1 Å². The molecule has 1 aromatic heterocycles. The molecule has 1 aromatic carbocycles. The van der Waals surface area contributed by atoms with Gasteiger partial charge in [0.25, 0.3) is 5.91 Å². The molecule has 0 bridgehead atoms. The van der Waals surface area contributed by atoms with Crippen molar-refractivity contribution in [1.29, 1.82) is 0 Å². The van der Waals surface area contributed by atoms with Crippen LogP contribution in [0.3, 0.4) is 0 Å². The monoisotopic (exact) mass is 443 g/mol. The van der Waals surface area contributed by atoms with Crippen molar-refractivity contribution in [2.24, 2.45) is 7.05 Å². The minimum atomic E-state index is -0.576. The van der Waals surface area contributed by atoms with Crippen LogP contribution in [0.25, 0.3) is 0 Å². The van der Waals surface area contributed by atoms with Gasteiger partial charge in [-0.1, -0.05) is 0 Å². The summed E-state index contributed by atoms with van der Waals surface area (Å²) in [6.07, 6.45) is 1.42. The summed E-state index contributed by atoms with van der Waals surface area (Å²) in [5.41, 5.74) is 2.66. The molecule has 23 heavy (non-hydrogen) atoms. The van der Waals surface area contributed by atoms with Crippen LogP contribution in [-0.2, 0) is 16.6 Å². The molecule has 0 aliphatic rings. The molecule has 0 spiro atoms. The van der Waals surface area contributed by atoms with Gasteiger partial charge in [-0.2, -0.15) is 5.10 Å². The molecule has 0 saturated carbocycles. The van der Waals surface area contributed by atoms with Crippen LogP contribution in [0.2, 0.25) is 0 Å². The van der Waals surface area contributed by atoms with Gasteiger partial charge in [-0.25, -0.2) is 4.79 Å². The molecule has 0 atom stereocenters. The SMILES string of the molecule is Cc1cc(Br)c(NC(=O)COC(=O)c2cnn(C)c2C)c(Br)c1. The van der Waals surface area contributed by atoms with Crippen LogP contribution >= 0.6 is 31.9 Å². The lowest BCUT2D eigenvalue weighted by Gasteiger charge is -2.11.